The molecule has 1 saturated carbocycles. The lowest BCUT2D eigenvalue weighted by molar-refractivity contribution is -0.114. The van der Waals surface area contributed by atoms with Crippen LogP contribution in [0.15, 0.2) is 0 Å². The highest BCUT2D eigenvalue weighted by atomic mass is 79.9. The van der Waals surface area contributed by atoms with Crippen LogP contribution in [0.2, 0.25) is 0 Å². The molecule has 1 rings (SSSR count). The van der Waals surface area contributed by atoms with E-state index in [9.17, 15) is 4.79 Å². The Balaban J connectivity index is 2.47. The lowest BCUT2D eigenvalue weighted by atomic mass is 9.90. The number of rotatable bonds is 1. The van der Waals surface area contributed by atoms with Crippen molar-refractivity contribution in [2.24, 2.45) is 5.92 Å². The fourth-order valence-electron chi connectivity index (χ4n) is 1.34. The molecule has 0 bridgehead atoms. The summed E-state index contributed by atoms with van der Waals surface area (Å²) in [4.78, 5) is 11.3. The molecule has 0 aliphatic heterocycles. The van der Waals surface area contributed by atoms with Gasteiger partial charge in [-0.25, -0.2) is 0 Å². The van der Waals surface area contributed by atoms with Gasteiger partial charge in [-0.05, 0) is 28.8 Å². The van der Waals surface area contributed by atoms with Crippen molar-refractivity contribution in [3.63, 3.8) is 0 Å². The number of alkyl halides is 1. The predicted octanol–water partition coefficient (Wildman–Crippen LogP) is 2.86. The van der Waals surface area contributed by atoms with Crippen molar-refractivity contribution in [1.29, 1.82) is 0 Å². The van der Waals surface area contributed by atoms with Gasteiger partial charge in [-0.15, -0.1) is 0 Å². The first-order valence-corrected chi connectivity index (χ1v) is 5.26. The molecule has 0 aromatic heterocycles. The lowest BCUT2D eigenvalue weighted by Gasteiger charge is -2.23. The van der Waals surface area contributed by atoms with Crippen molar-refractivity contribution in [2.45, 2.75) is 30.5 Å². The number of hydrogen-bond acceptors (Lipinski definition) is 1. The summed E-state index contributed by atoms with van der Waals surface area (Å²) in [6.07, 6.45) is 4.64. The van der Waals surface area contributed by atoms with Crippen LogP contribution in [0.5, 0.6) is 0 Å². The van der Waals surface area contributed by atoms with Gasteiger partial charge in [0.2, 0.25) is 4.69 Å². The summed E-state index contributed by atoms with van der Waals surface area (Å²) in [7, 11) is 0. The molecule has 1 fully saturated rings. The van der Waals surface area contributed by atoms with Gasteiger partial charge in [-0.3, -0.25) is 4.79 Å². The van der Waals surface area contributed by atoms with Crippen LogP contribution in [0.4, 0.5) is 0 Å². The Morgan fingerprint density at radius 1 is 1.30 bits per heavy atom. The molecule has 0 radical (unpaired) electrons. The molecule has 1 aliphatic carbocycles. The van der Waals surface area contributed by atoms with E-state index in [1.54, 1.807) is 0 Å². The van der Waals surface area contributed by atoms with Crippen LogP contribution < -0.4 is 0 Å². The van der Waals surface area contributed by atoms with E-state index in [0.29, 0.717) is 4.83 Å². The molecule has 3 heteroatoms. The summed E-state index contributed by atoms with van der Waals surface area (Å²) in [6.45, 7) is 0. The minimum Gasteiger partial charge on any atom is -0.286 e. The van der Waals surface area contributed by atoms with E-state index in [-0.39, 0.29) is 10.6 Å². The maximum atomic E-state index is 10.9. The zero-order valence-electron chi connectivity index (χ0n) is 5.65. The summed E-state index contributed by atoms with van der Waals surface area (Å²) >= 11 is 6.51. The highest BCUT2D eigenvalue weighted by Crippen LogP contribution is 2.31. The van der Waals surface area contributed by atoms with Gasteiger partial charge in [0.25, 0.3) is 0 Å². The largest absolute Gasteiger partial charge is 0.286 e. The monoisotopic (exact) mass is 268 g/mol. The predicted molar refractivity (Wildman–Crippen MR) is 48.6 cm³/mol. The fraction of sp³-hybridized carbons (Fsp3) is 0.857. The Morgan fingerprint density at radius 2 is 1.90 bits per heavy atom. The lowest BCUT2D eigenvalue weighted by Crippen LogP contribution is -2.23. The first kappa shape index (κ1) is 8.72. The molecule has 0 spiro atoms. The smallest absolute Gasteiger partial charge is 0.201 e. The standard InChI is InChI=1S/C7H10Br2O/c8-6-4-2-1-3-5(6)7(9)10/h5-6H,1-4H2. The Hall–Kier alpha value is 0.630. The zero-order valence-corrected chi connectivity index (χ0v) is 8.82. The third-order valence-electron chi connectivity index (χ3n) is 1.97. The minimum absolute atomic E-state index is 0.161. The van der Waals surface area contributed by atoms with E-state index in [2.05, 4.69) is 31.9 Å². The Kier molecular flexibility index (Phi) is 3.37. The van der Waals surface area contributed by atoms with Gasteiger partial charge >= 0.3 is 0 Å². The molecule has 0 amide bonds. The second-order valence-electron chi connectivity index (χ2n) is 2.71. The van der Waals surface area contributed by atoms with Crippen LogP contribution in [-0.2, 0) is 4.79 Å². The van der Waals surface area contributed by atoms with E-state index >= 15 is 0 Å². The number of hydrogen-bond donors (Lipinski definition) is 0. The van der Waals surface area contributed by atoms with E-state index in [1.165, 1.54) is 12.8 Å². The summed E-state index contributed by atoms with van der Waals surface area (Å²) < 4.78 is 0.161. The van der Waals surface area contributed by atoms with Crippen molar-refractivity contribution >= 4 is 36.6 Å². The van der Waals surface area contributed by atoms with Crippen LogP contribution in [0, 0.1) is 5.92 Å². The summed E-state index contributed by atoms with van der Waals surface area (Å²) in [5.74, 6) is 0.216. The van der Waals surface area contributed by atoms with Crippen molar-refractivity contribution in [1.82, 2.24) is 0 Å². The molecule has 0 aromatic rings. The van der Waals surface area contributed by atoms with Crippen LogP contribution in [0.3, 0.4) is 0 Å². The van der Waals surface area contributed by atoms with Crippen LogP contribution in [0.1, 0.15) is 25.7 Å². The van der Waals surface area contributed by atoms with Gasteiger partial charge < -0.3 is 0 Å². The topological polar surface area (TPSA) is 17.1 Å². The third-order valence-corrected chi connectivity index (χ3v) is 3.66. The normalized spacial score (nSPS) is 33.8. The Morgan fingerprint density at radius 3 is 2.30 bits per heavy atom. The maximum Gasteiger partial charge on any atom is 0.201 e. The first-order valence-electron chi connectivity index (χ1n) is 3.55. The van der Waals surface area contributed by atoms with Crippen molar-refractivity contribution in [3.05, 3.63) is 0 Å². The molecule has 2 atom stereocenters. The van der Waals surface area contributed by atoms with Crippen LogP contribution >= 0.6 is 31.9 Å². The number of halogens is 2. The summed E-state index contributed by atoms with van der Waals surface area (Å²) in [5, 5.41) is 0. The summed E-state index contributed by atoms with van der Waals surface area (Å²) in [5.41, 5.74) is 0. The second-order valence-corrected chi connectivity index (χ2v) is 4.67. The fourth-order valence-corrected chi connectivity index (χ4v) is 3.07. The molecule has 2 unspecified atom stereocenters. The van der Waals surface area contributed by atoms with Crippen LogP contribution in [0.25, 0.3) is 0 Å². The Labute approximate surface area is 77.8 Å². The maximum absolute atomic E-state index is 10.9. The number of carbonyl (C=O) groups excluding carboxylic acids is 1. The van der Waals surface area contributed by atoms with Crippen molar-refractivity contribution < 1.29 is 4.79 Å². The van der Waals surface area contributed by atoms with E-state index in [0.717, 1.165) is 12.8 Å². The molecule has 1 nitrogen and oxygen atoms in total. The molecule has 0 N–H and O–H groups in total. The van der Waals surface area contributed by atoms with Crippen molar-refractivity contribution in [2.75, 3.05) is 0 Å². The quantitative estimate of drug-likeness (QED) is 0.529. The molecule has 1 aliphatic rings. The van der Waals surface area contributed by atoms with E-state index < -0.39 is 0 Å². The first-order chi connectivity index (χ1) is 4.72. The Bertz CT molecular complexity index is 136. The van der Waals surface area contributed by atoms with Crippen molar-refractivity contribution in [3.8, 4) is 0 Å². The number of carbonyl (C=O) groups is 1. The SMILES string of the molecule is O=C(Br)C1CCCCC1Br. The van der Waals surface area contributed by atoms with Gasteiger partial charge in [0, 0.05) is 10.7 Å². The minimum atomic E-state index is 0.161. The van der Waals surface area contributed by atoms with Gasteiger partial charge in [-0.1, -0.05) is 28.8 Å². The van der Waals surface area contributed by atoms with E-state index in [4.69, 9.17) is 0 Å². The molecule has 58 valence electrons. The summed E-state index contributed by atoms with van der Waals surface area (Å²) in [6, 6.07) is 0. The molecule has 0 heterocycles. The highest BCUT2D eigenvalue weighted by molar-refractivity contribution is 9.18. The molecular formula is C7H10Br2O. The average Bonchev–Trinajstić information content (AvgIpc) is 1.88. The molecule has 0 aromatic carbocycles. The van der Waals surface area contributed by atoms with Gasteiger partial charge in [0.1, 0.15) is 0 Å². The van der Waals surface area contributed by atoms with Gasteiger partial charge in [-0.2, -0.15) is 0 Å². The van der Waals surface area contributed by atoms with Gasteiger partial charge in [0.15, 0.2) is 0 Å². The van der Waals surface area contributed by atoms with Crippen LogP contribution in [-0.4, -0.2) is 9.52 Å². The zero-order chi connectivity index (χ0) is 7.56. The third kappa shape index (κ3) is 2.06. The van der Waals surface area contributed by atoms with Gasteiger partial charge in [0.05, 0.1) is 0 Å². The van der Waals surface area contributed by atoms with E-state index in [1.807, 2.05) is 0 Å². The highest BCUT2D eigenvalue weighted by Gasteiger charge is 2.26. The molecular weight excluding hydrogens is 260 g/mol. The molecule has 10 heavy (non-hydrogen) atoms. The average molecular weight is 270 g/mol. The molecule has 0 saturated heterocycles. The second kappa shape index (κ2) is 3.86.